The van der Waals surface area contributed by atoms with Gasteiger partial charge in [0.15, 0.2) is 0 Å². The molecule has 3 aromatic rings. The fourth-order valence-corrected chi connectivity index (χ4v) is 2.84. The highest BCUT2D eigenvalue weighted by molar-refractivity contribution is 6.31. The molecule has 0 unspecified atom stereocenters. The highest BCUT2D eigenvalue weighted by atomic mass is 35.5. The Morgan fingerprint density at radius 2 is 1.67 bits per heavy atom. The molecule has 2 N–H and O–H groups in total. The largest absolute Gasteiger partial charge is 0.353 e. The number of aryl methyl sites for hydroxylation is 2. The third-order valence-electron chi connectivity index (χ3n) is 3.88. The predicted molar refractivity (Wildman–Crippen MR) is 108 cm³/mol. The first kappa shape index (κ1) is 18.9. The van der Waals surface area contributed by atoms with Gasteiger partial charge in [0, 0.05) is 21.4 Å². The molecular formula is C18H15Cl2N5O2. The van der Waals surface area contributed by atoms with Gasteiger partial charge < -0.3 is 10.6 Å². The van der Waals surface area contributed by atoms with Crippen molar-refractivity contribution in [2.75, 3.05) is 10.6 Å². The van der Waals surface area contributed by atoms with E-state index in [-0.39, 0.29) is 17.3 Å². The van der Waals surface area contributed by atoms with Crippen LogP contribution in [0.2, 0.25) is 10.0 Å². The Labute approximate surface area is 165 Å². The number of nitrogens with one attached hydrogen (secondary N) is 2. The monoisotopic (exact) mass is 403 g/mol. The van der Waals surface area contributed by atoms with Crippen molar-refractivity contribution >= 4 is 51.9 Å². The maximum absolute atomic E-state index is 11.7. The van der Waals surface area contributed by atoms with Crippen LogP contribution in [0.1, 0.15) is 11.1 Å². The van der Waals surface area contributed by atoms with E-state index in [0.717, 1.165) is 11.1 Å². The van der Waals surface area contributed by atoms with Gasteiger partial charge in [-0.25, -0.2) is 9.97 Å². The first-order chi connectivity index (χ1) is 12.8. The first-order valence-corrected chi connectivity index (χ1v) is 8.66. The second-order valence-electron chi connectivity index (χ2n) is 5.85. The molecule has 0 atom stereocenters. The molecule has 1 aromatic heterocycles. The molecule has 0 saturated carbocycles. The van der Waals surface area contributed by atoms with Crippen molar-refractivity contribution in [2.24, 2.45) is 0 Å². The van der Waals surface area contributed by atoms with E-state index in [4.69, 9.17) is 23.2 Å². The molecule has 138 valence electrons. The van der Waals surface area contributed by atoms with Crippen LogP contribution in [0.15, 0.2) is 42.7 Å². The summed E-state index contributed by atoms with van der Waals surface area (Å²) < 4.78 is 0. The molecule has 2 aromatic carbocycles. The lowest BCUT2D eigenvalue weighted by Gasteiger charge is -2.12. The standard InChI is InChI=1S/C18H15Cl2N5O2/c1-10-3-5-13(8-14(10)20)23-17-16(25(26)27)18(22-9-21-17)24-15-6-4-12(19)7-11(15)2/h3-9H,1-2H3,(H2,21,22,23,24). The third-order valence-corrected chi connectivity index (χ3v) is 4.52. The van der Waals surface area contributed by atoms with E-state index in [1.165, 1.54) is 6.33 Å². The van der Waals surface area contributed by atoms with Gasteiger partial charge in [-0.15, -0.1) is 0 Å². The summed E-state index contributed by atoms with van der Waals surface area (Å²) in [6, 6.07) is 10.4. The lowest BCUT2D eigenvalue weighted by Crippen LogP contribution is -2.06. The number of hydrogen-bond acceptors (Lipinski definition) is 6. The van der Waals surface area contributed by atoms with Crippen LogP contribution in [-0.4, -0.2) is 14.9 Å². The number of halogens is 2. The van der Waals surface area contributed by atoms with Crippen LogP contribution >= 0.6 is 23.2 Å². The number of benzene rings is 2. The van der Waals surface area contributed by atoms with Crippen LogP contribution < -0.4 is 10.6 Å². The maximum Gasteiger partial charge on any atom is 0.353 e. The summed E-state index contributed by atoms with van der Waals surface area (Å²) >= 11 is 12.1. The summed E-state index contributed by atoms with van der Waals surface area (Å²) in [4.78, 5) is 19.2. The van der Waals surface area contributed by atoms with Gasteiger partial charge in [0.2, 0.25) is 11.6 Å². The van der Waals surface area contributed by atoms with Crippen molar-refractivity contribution in [3.05, 3.63) is 74.0 Å². The van der Waals surface area contributed by atoms with Gasteiger partial charge in [-0.05, 0) is 55.3 Å². The second-order valence-corrected chi connectivity index (χ2v) is 6.69. The van der Waals surface area contributed by atoms with Crippen molar-refractivity contribution < 1.29 is 4.92 Å². The van der Waals surface area contributed by atoms with E-state index < -0.39 is 4.92 Å². The summed E-state index contributed by atoms with van der Waals surface area (Å²) in [5, 5.41) is 18.7. The number of aromatic nitrogens is 2. The average molecular weight is 404 g/mol. The van der Waals surface area contributed by atoms with Crippen LogP contribution in [0.5, 0.6) is 0 Å². The summed E-state index contributed by atoms with van der Waals surface area (Å²) in [6.45, 7) is 3.71. The van der Waals surface area contributed by atoms with Gasteiger partial charge in [0.05, 0.1) is 4.92 Å². The molecule has 27 heavy (non-hydrogen) atoms. The first-order valence-electron chi connectivity index (χ1n) is 7.91. The number of hydrogen-bond donors (Lipinski definition) is 2. The second kappa shape index (κ2) is 7.77. The van der Waals surface area contributed by atoms with Gasteiger partial charge in [-0.3, -0.25) is 10.1 Å². The zero-order valence-corrected chi connectivity index (χ0v) is 16.0. The minimum absolute atomic E-state index is 0.0593. The Kier molecular flexibility index (Phi) is 5.43. The van der Waals surface area contributed by atoms with E-state index >= 15 is 0 Å². The molecule has 0 aliphatic heterocycles. The topological polar surface area (TPSA) is 93.0 Å². The molecule has 0 saturated heterocycles. The molecular weight excluding hydrogens is 389 g/mol. The number of anilines is 4. The Balaban J connectivity index is 1.99. The fraction of sp³-hybridized carbons (Fsp3) is 0.111. The van der Waals surface area contributed by atoms with Crippen LogP contribution in [0, 0.1) is 24.0 Å². The lowest BCUT2D eigenvalue weighted by atomic mass is 10.2. The van der Waals surface area contributed by atoms with E-state index in [9.17, 15) is 10.1 Å². The zero-order chi connectivity index (χ0) is 19.6. The van der Waals surface area contributed by atoms with Gasteiger partial charge in [0.25, 0.3) is 0 Å². The minimum Gasteiger partial charge on any atom is -0.334 e. The molecule has 0 spiro atoms. The predicted octanol–water partition coefficient (Wildman–Crippen LogP) is 5.80. The van der Waals surface area contributed by atoms with Crippen molar-refractivity contribution in [3.8, 4) is 0 Å². The molecule has 1 heterocycles. The molecule has 0 aliphatic carbocycles. The normalized spacial score (nSPS) is 10.5. The molecule has 0 bridgehead atoms. The summed E-state index contributed by atoms with van der Waals surface area (Å²) in [7, 11) is 0. The molecule has 9 heteroatoms. The summed E-state index contributed by atoms with van der Waals surface area (Å²) in [5.41, 5.74) is 2.70. The van der Waals surface area contributed by atoms with Crippen LogP contribution in [-0.2, 0) is 0 Å². The van der Waals surface area contributed by atoms with E-state index in [2.05, 4.69) is 20.6 Å². The Morgan fingerprint density at radius 3 is 2.30 bits per heavy atom. The van der Waals surface area contributed by atoms with E-state index in [1.54, 1.807) is 30.3 Å². The molecule has 0 aliphatic rings. The molecule has 0 amide bonds. The van der Waals surface area contributed by atoms with E-state index in [1.807, 2.05) is 19.9 Å². The van der Waals surface area contributed by atoms with Gasteiger partial charge in [-0.2, -0.15) is 0 Å². The quantitative estimate of drug-likeness (QED) is 0.413. The average Bonchev–Trinajstić information content (AvgIpc) is 2.60. The van der Waals surface area contributed by atoms with Crippen LogP contribution in [0.25, 0.3) is 0 Å². The SMILES string of the molecule is Cc1ccc(Nc2ncnc(Nc3ccc(Cl)cc3C)c2[N+](=O)[O-])cc1Cl. The number of nitro groups is 1. The zero-order valence-electron chi connectivity index (χ0n) is 14.5. The van der Waals surface area contributed by atoms with Crippen molar-refractivity contribution in [3.63, 3.8) is 0 Å². The smallest absolute Gasteiger partial charge is 0.334 e. The molecule has 0 fully saturated rings. The van der Waals surface area contributed by atoms with Crippen LogP contribution in [0.3, 0.4) is 0 Å². The Bertz CT molecular complexity index is 1030. The highest BCUT2D eigenvalue weighted by Crippen LogP contribution is 2.34. The number of rotatable bonds is 5. The van der Waals surface area contributed by atoms with Gasteiger partial charge in [-0.1, -0.05) is 29.3 Å². The third kappa shape index (κ3) is 4.27. The lowest BCUT2D eigenvalue weighted by molar-refractivity contribution is -0.383. The highest BCUT2D eigenvalue weighted by Gasteiger charge is 2.23. The van der Waals surface area contributed by atoms with Crippen LogP contribution in [0.4, 0.5) is 28.7 Å². The Morgan fingerprint density at radius 1 is 0.963 bits per heavy atom. The van der Waals surface area contributed by atoms with Gasteiger partial charge >= 0.3 is 5.69 Å². The summed E-state index contributed by atoms with van der Waals surface area (Å²) in [6.07, 6.45) is 1.25. The molecule has 7 nitrogen and oxygen atoms in total. The van der Waals surface area contributed by atoms with Crippen molar-refractivity contribution in [2.45, 2.75) is 13.8 Å². The van der Waals surface area contributed by atoms with E-state index in [0.29, 0.717) is 21.4 Å². The Hall–Kier alpha value is -2.90. The number of nitrogens with zero attached hydrogens (tertiary/aromatic N) is 3. The van der Waals surface area contributed by atoms with Crippen molar-refractivity contribution in [1.29, 1.82) is 0 Å². The van der Waals surface area contributed by atoms with Crippen molar-refractivity contribution in [1.82, 2.24) is 9.97 Å². The maximum atomic E-state index is 11.7. The fourth-order valence-electron chi connectivity index (χ4n) is 2.44. The van der Waals surface area contributed by atoms with Gasteiger partial charge in [0.1, 0.15) is 6.33 Å². The molecule has 0 radical (unpaired) electrons. The molecule has 3 rings (SSSR count). The minimum atomic E-state index is -0.536. The summed E-state index contributed by atoms with van der Waals surface area (Å²) in [5.74, 6) is 0.130.